The minimum Gasteiger partial charge on any atom is -0.383 e. The summed E-state index contributed by atoms with van der Waals surface area (Å²) in [5.74, 6) is -0.0341. The zero-order valence-electron chi connectivity index (χ0n) is 18.0. The van der Waals surface area contributed by atoms with Gasteiger partial charge in [0.25, 0.3) is 5.91 Å². The van der Waals surface area contributed by atoms with Gasteiger partial charge in [-0.1, -0.05) is 11.6 Å². The molecule has 0 unspecified atom stereocenters. The number of carbonyl (C=O) groups is 1. The molecule has 4 aromatic rings. The maximum absolute atomic E-state index is 13.6. The van der Waals surface area contributed by atoms with Crippen LogP contribution in [-0.2, 0) is 19.8 Å². The van der Waals surface area contributed by atoms with E-state index in [9.17, 15) is 18.0 Å². The zero-order chi connectivity index (χ0) is 24.2. The molecule has 1 saturated carbocycles. The third kappa shape index (κ3) is 3.79. The zero-order valence-corrected chi connectivity index (χ0v) is 18.7. The van der Waals surface area contributed by atoms with E-state index < -0.39 is 11.9 Å². The second kappa shape index (κ2) is 8.08. The van der Waals surface area contributed by atoms with Crippen molar-refractivity contribution in [1.82, 2.24) is 29.9 Å². The van der Waals surface area contributed by atoms with E-state index in [1.807, 2.05) is 0 Å². The molecule has 0 saturated heterocycles. The SMILES string of the molecule is Cn1ncc2c(N)nc3cc(Cl)c(C(=O)N(Cc4ccc(C(F)(F)F)nn4)C4CCC4)cc3c21. The number of rotatable bonds is 4. The standard InChI is InChI=1S/C22H19ClF3N7O/c1-32-19-14-7-13(16(23)8-17(14)29-20(27)15(19)9-28-32)21(34)33(12-3-2-4-12)10-11-5-6-18(31-30-11)22(24,25)26/h5-9,12H,2-4,10H2,1H3,(H2,27,29). The number of nitrogen functional groups attached to an aromatic ring is 1. The highest BCUT2D eigenvalue weighted by Gasteiger charge is 2.34. The van der Waals surface area contributed by atoms with Crippen molar-refractivity contribution in [2.24, 2.45) is 7.05 Å². The van der Waals surface area contributed by atoms with E-state index in [1.165, 1.54) is 6.07 Å². The van der Waals surface area contributed by atoms with Crippen LogP contribution in [0.15, 0.2) is 30.5 Å². The van der Waals surface area contributed by atoms with E-state index in [1.54, 1.807) is 35.0 Å². The number of fused-ring (bicyclic) bond motifs is 3. The predicted molar refractivity (Wildman–Crippen MR) is 120 cm³/mol. The third-order valence-corrected chi connectivity index (χ3v) is 6.46. The quantitative estimate of drug-likeness (QED) is 0.457. The topological polar surface area (TPSA) is 103 Å². The molecule has 1 aromatic carbocycles. The highest BCUT2D eigenvalue weighted by atomic mass is 35.5. The number of halogens is 4. The average Bonchev–Trinajstić information content (AvgIpc) is 3.13. The number of amides is 1. The van der Waals surface area contributed by atoms with Crippen LogP contribution in [0, 0.1) is 0 Å². The van der Waals surface area contributed by atoms with E-state index in [4.69, 9.17) is 17.3 Å². The molecule has 0 spiro atoms. The largest absolute Gasteiger partial charge is 0.435 e. The molecule has 0 atom stereocenters. The number of pyridine rings is 1. The maximum atomic E-state index is 13.6. The monoisotopic (exact) mass is 489 g/mol. The molecular weight excluding hydrogens is 471 g/mol. The van der Waals surface area contributed by atoms with Crippen LogP contribution in [0.1, 0.15) is 41.0 Å². The van der Waals surface area contributed by atoms with Crippen molar-refractivity contribution in [3.8, 4) is 0 Å². The maximum Gasteiger partial charge on any atom is 0.435 e. The minimum atomic E-state index is -4.58. The first-order chi connectivity index (χ1) is 16.1. The summed E-state index contributed by atoms with van der Waals surface area (Å²) >= 11 is 6.50. The summed E-state index contributed by atoms with van der Waals surface area (Å²) in [6.07, 6.45) is -0.444. The van der Waals surface area contributed by atoms with Gasteiger partial charge < -0.3 is 10.6 Å². The average molecular weight is 490 g/mol. The van der Waals surface area contributed by atoms with E-state index in [-0.39, 0.29) is 34.8 Å². The Balaban J connectivity index is 1.54. The first-order valence-corrected chi connectivity index (χ1v) is 10.9. The summed E-state index contributed by atoms with van der Waals surface area (Å²) in [5.41, 5.74) is 6.74. The van der Waals surface area contributed by atoms with Crippen LogP contribution >= 0.6 is 11.6 Å². The van der Waals surface area contributed by atoms with Crippen LogP contribution in [0.2, 0.25) is 5.02 Å². The van der Waals surface area contributed by atoms with E-state index in [2.05, 4.69) is 20.3 Å². The molecule has 0 bridgehead atoms. The molecule has 34 heavy (non-hydrogen) atoms. The van der Waals surface area contributed by atoms with Crippen LogP contribution in [-0.4, -0.2) is 41.8 Å². The Bertz CT molecular complexity index is 1410. The molecule has 1 aliphatic rings. The van der Waals surface area contributed by atoms with Crippen molar-refractivity contribution in [2.45, 2.75) is 38.0 Å². The molecule has 5 rings (SSSR count). The number of anilines is 1. The summed E-state index contributed by atoms with van der Waals surface area (Å²) in [6, 6.07) is 5.29. The summed E-state index contributed by atoms with van der Waals surface area (Å²) in [4.78, 5) is 19.6. The molecule has 0 aliphatic heterocycles. The number of alkyl halides is 3. The number of aromatic nitrogens is 5. The van der Waals surface area contributed by atoms with Gasteiger partial charge in [0.05, 0.1) is 45.4 Å². The fourth-order valence-corrected chi connectivity index (χ4v) is 4.37. The van der Waals surface area contributed by atoms with Crippen LogP contribution in [0.5, 0.6) is 0 Å². The first kappa shape index (κ1) is 22.3. The lowest BCUT2D eigenvalue weighted by Crippen LogP contribution is -2.44. The number of hydrogen-bond donors (Lipinski definition) is 1. The summed E-state index contributed by atoms with van der Waals surface area (Å²) in [6.45, 7) is 0.0180. The first-order valence-electron chi connectivity index (χ1n) is 10.5. The van der Waals surface area contributed by atoms with Crippen LogP contribution < -0.4 is 5.73 Å². The third-order valence-electron chi connectivity index (χ3n) is 6.15. The van der Waals surface area contributed by atoms with Gasteiger partial charge in [0.2, 0.25) is 0 Å². The lowest BCUT2D eigenvalue weighted by Gasteiger charge is -2.37. The van der Waals surface area contributed by atoms with E-state index >= 15 is 0 Å². The number of hydrogen-bond acceptors (Lipinski definition) is 6. The van der Waals surface area contributed by atoms with E-state index in [0.29, 0.717) is 22.1 Å². The number of nitrogens with zero attached hydrogens (tertiary/aromatic N) is 6. The highest BCUT2D eigenvalue weighted by molar-refractivity contribution is 6.35. The molecule has 0 radical (unpaired) electrons. The summed E-state index contributed by atoms with van der Waals surface area (Å²) in [7, 11) is 1.77. The molecule has 12 heteroatoms. The molecular formula is C22H19ClF3N7O. The highest BCUT2D eigenvalue weighted by Crippen LogP contribution is 2.34. The van der Waals surface area contributed by atoms with E-state index in [0.717, 1.165) is 30.8 Å². The Hall–Kier alpha value is -3.47. The van der Waals surface area contributed by atoms with Crippen LogP contribution in [0.3, 0.4) is 0 Å². The Morgan fingerprint density at radius 2 is 2.00 bits per heavy atom. The molecule has 1 fully saturated rings. The second-order valence-corrected chi connectivity index (χ2v) is 8.71. The molecule has 3 heterocycles. The smallest absolute Gasteiger partial charge is 0.383 e. The van der Waals surface area contributed by atoms with Crippen LogP contribution in [0.25, 0.3) is 21.8 Å². The van der Waals surface area contributed by atoms with Crippen LogP contribution in [0.4, 0.5) is 19.0 Å². The Morgan fingerprint density at radius 3 is 2.62 bits per heavy atom. The van der Waals surface area contributed by atoms with Gasteiger partial charge in [0, 0.05) is 18.5 Å². The van der Waals surface area contributed by atoms with Crippen molar-refractivity contribution >= 4 is 45.1 Å². The molecule has 1 aliphatic carbocycles. The Labute approximate surface area is 196 Å². The van der Waals surface area contributed by atoms with Crippen molar-refractivity contribution in [1.29, 1.82) is 0 Å². The molecule has 8 nitrogen and oxygen atoms in total. The molecule has 2 N–H and O–H groups in total. The number of nitrogens with two attached hydrogens (primary N) is 1. The van der Waals surface area contributed by atoms with Crippen molar-refractivity contribution in [2.75, 3.05) is 5.73 Å². The summed E-state index contributed by atoms with van der Waals surface area (Å²) in [5, 5.41) is 12.7. The lowest BCUT2D eigenvalue weighted by atomic mass is 9.90. The van der Waals surface area contributed by atoms with Gasteiger partial charge >= 0.3 is 6.18 Å². The van der Waals surface area contributed by atoms with Gasteiger partial charge in [0.15, 0.2) is 5.69 Å². The van der Waals surface area contributed by atoms with Gasteiger partial charge in [-0.05, 0) is 43.5 Å². The second-order valence-electron chi connectivity index (χ2n) is 8.30. The van der Waals surface area contributed by atoms with Gasteiger partial charge in [-0.3, -0.25) is 9.48 Å². The normalized spacial score (nSPS) is 14.5. The Kier molecular flexibility index (Phi) is 5.31. The van der Waals surface area contributed by atoms with Crippen molar-refractivity contribution in [3.05, 3.63) is 52.4 Å². The van der Waals surface area contributed by atoms with Crippen molar-refractivity contribution < 1.29 is 18.0 Å². The number of aryl methyl sites for hydroxylation is 1. The fraction of sp³-hybridized carbons (Fsp3) is 0.318. The number of carbonyl (C=O) groups excluding carboxylic acids is 1. The fourth-order valence-electron chi connectivity index (χ4n) is 4.13. The Morgan fingerprint density at radius 1 is 1.24 bits per heavy atom. The molecule has 3 aromatic heterocycles. The van der Waals surface area contributed by atoms with Gasteiger partial charge in [-0.15, -0.1) is 5.10 Å². The number of benzene rings is 1. The van der Waals surface area contributed by atoms with Gasteiger partial charge in [-0.25, -0.2) is 4.98 Å². The molecule has 176 valence electrons. The van der Waals surface area contributed by atoms with Gasteiger partial charge in [0.1, 0.15) is 5.82 Å². The minimum absolute atomic E-state index is 0.0180. The lowest BCUT2D eigenvalue weighted by molar-refractivity contribution is -0.141. The predicted octanol–water partition coefficient (Wildman–Crippen LogP) is 4.36. The van der Waals surface area contributed by atoms with Crippen molar-refractivity contribution in [3.63, 3.8) is 0 Å². The van der Waals surface area contributed by atoms with Gasteiger partial charge in [-0.2, -0.15) is 23.4 Å². The summed E-state index contributed by atoms with van der Waals surface area (Å²) < 4.78 is 40.2. The molecule has 1 amide bonds.